The molecule has 0 N–H and O–H groups in total. The Kier molecular flexibility index (Phi) is 2.58. The lowest BCUT2D eigenvalue weighted by Gasteiger charge is -2.26. The molecule has 11 heavy (non-hydrogen) atoms. The quantitative estimate of drug-likeness (QED) is 0.567. The Morgan fingerprint density at radius 2 is 1.82 bits per heavy atom. The van der Waals surface area contributed by atoms with Crippen LogP contribution in [0.5, 0.6) is 0 Å². The van der Waals surface area contributed by atoms with Gasteiger partial charge in [0.05, 0.1) is 6.10 Å². The molecule has 1 saturated carbocycles. The van der Waals surface area contributed by atoms with E-state index >= 15 is 0 Å². The van der Waals surface area contributed by atoms with Crippen LogP contribution < -0.4 is 0 Å². The lowest BCUT2D eigenvalue weighted by molar-refractivity contribution is 0.0968. The third kappa shape index (κ3) is 2.19. The molecular weight excluding hydrogens is 136 g/mol. The van der Waals surface area contributed by atoms with Crippen molar-refractivity contribution in [3.63, 3.8) is 0 Å². The minimum atomic E-state index is 0.479. The first kappa shape index (κ1) is 9.05. The molecule has 0 aromatic rings. The molecule has 1 aliphatic carbocycles. The first-order valence-corrected chi connectivity index (χ1v) is 4.57. The lowest BCUT2D eigenvalue weighted by Crippen LogP contribution is -2.18. The monoisotopic (exact) mass is 156 g/mol. The molecule has 1 rings (SSSR count). The summed E-state index contributed by atoms with van der Waals surface area (Å²) < 4.78 is 5.34. The maximum atomic E-state index is 5.34. The molecule has 1 heteroatoms. The van der Waals surface area contributed by atoms with Gasteiger partial charge >= 0.3 is 0 Å². The molecular formula is C10H20O. The third-order valence-electron chi connectivity index (χ3n) is 2.94. The first-order valence-electron chi connectivity index (χ1n) is 4.57. The number of ether oxygens (including phenoxy) is 1. The van der Waals surface area contributed by atoms with Crippen LogP contribution in [0.1, 0.15) is 40.0 Å². The van der Waals surface area contributed by atoms with E-state index in [0.29, 0.717) is 11.5 Å². The topological polar surface area (TPSA) is 9.23 Å². The molecule has 0 spiro atoms. The summed E-state index contributed by atoms with van der Waals surface area (Å²) in [6.45, 7) is 6.99. The van der Waals surface area contributed by atoms with Crippen molar-refractivity contribution in [2.75, 3.05) is 7.11 Å². The van der Waals surface area contributed by atoms with Crippen LogP contribution in [0.4, 0.5) is 0 Å². The number of methoxy groups -OCH3 is 1. The SMILES string of the molecule is CO[C@H]1CC[C@H](C(C)(C)C)C1. The van der Waals surface area contributed by atoms with E-state index in [9.17, 15) is 0 Å². The van der Waals surface area contributed by atoms with Crippen LogP contribution in [-0.4, -0.2) is 13.2 Å². The lowest BCUT2D eigenvalue weighted by atomic mass is 9.80. The molecule has 2 atom stereocenters. The zero-order chi connectivity index (χ0) is 8.48. The average molecular weight is 156 g/mol. The normalized spacial score (nSPS) is 32.7. The highest BCUT2D eigenvalue weighted by molar-refractivity contribution is 4.83. The summed E-state index contributed by atoms with van der Waals surface area (Å²) in [4.78, 5) is 0. The van der Waals surface area contributed by atoms with Crippen molar-refractivity contribution in [2.45, 2.75) is 46.1 Å². The minimum absolute atomic E-state index is 0.479. The van der Waals surface area contributed by atoms with E-state index in [1.165, 1.54) is 19.3 Å². The third-order valence-corrected chi connectivity index (χ3v) is 2.94. The van der Waals surface area contributed by atoms with Gasteiger partial charge in [0.1, 0.15) is 0 Å². The van der Waals surface area contributed by atoms with Crippen LogP contribution in [0.25, 0.3) is 0 Å². The summed E-state index contributed by atoms with van der Waals surface area (Å²) in [5.41, 5.74) is 0.479. The number of hydrogen-bond acceptors (Lipinski definition) is 1. The fourth-order valence-electron chi connectivity index (χ4n) is 1.94. The molecule has 0 aliphatic heterocycles. The van der Waals surface area contributed by atoms with Crippen LogP contribution in [0, 0.1) is 11.3 Å². The van der Waals surface area contributed by atoms with E-state index in [0.717, 1.165) is 5.92 Å². The van der Waals surface area contributed by atoms with Crippen molar-refractivity contribution in [1.82, 2.24) is 0 Å². The largest absolute Gasteiger partial charge is 0.381 e. The van der Waals surface area contributed by atoms with E-state index < -0.39 is 0 Å². The van der Waals surface area contributed by atoms with Gasteiger partial charge in [-0.15, -0.1) is 0 Å². The van der Waals surface area contributed by atoms with Gasteiger partial charge in [0, 0.05) is 7.11 Å². The fraction of sp³-hybridized carbons (Fsp3) is 1.00. The molecule has 1 nitrogen and oxygen atoms in total. The summed E-state index contributed by atoms with van der Waals surface area (Å²) in [7, 11) is 1.83. The van der Waals surface area contributed by atoms with Gasteiger partial charge in [-0.1, -0.05) is 20.8 Å². The van der Waals surface area contributed by atoms with Gasteiger partial charge in [-0.05, 0) is 30.6 Å². The van der Waals surface area contributed by atoms with E-state index in [2.05, 4.69) is 20.8 Å². The van der Waals surface area contributed by atoms with E-state index in [4.69, 9.17) is 4.74 Å². The van der Waals surface area contributed by atoms with Gasteiger partial charge in [0.25, 0.3) is 0 Å². The Morgan fingerprint density at radius 3 is 2.09 bits per heavy atom. The molecule has 0 aromatic heterocycles. The van der Waals surface area contributed by atoms with Crippen molar-refractivity contribution < 1.29 is 4.74 Å². The molecule has 1 fully saturated rings. The van der Waals surface area contributed by atoms with Crippen LogP contribution in [0.2, 0.25) is 0 Å². The van der Waals surface area contributed by atoms with Crippen LogP contribution >= 0.6 is 0 Å². The standard InChI is InChI=1S/C10H20O/c1-10(2,3)8-5-6-9(7-8)11-4/h8-9H,5-7H2,1-4H3/t8-,9-/m0/s1. The van der Waals surface area contributed by atoms with Crippen LogP contribution in [0.3, 0.4) is 0 Å². The Bertz CT molecular complexity index is 123. The predicted octanol–water partition coefficient (Wildman–Crippen LogP) is 2.85. The second-order valence-corrected chi connectivity index (χ2v) is 4.73. The summed E-state index contributed by atoms with van der Waals surface area (Å²) in [5, 5.41) is 0. The van der Waals surface area contributed by atoms with Crippen molar-refractivity contribution in [3.8, 4) is 0 Å². The predicted molar refractivity (Wildman–Crippen MR) is 47.6 cm³/mol. The maximum Gasteiger partial charge on any atom is 0.0574 e. The van der Waals surface area contributed by atoms with E-state index in [1.54, 1.807) is 0 Å². The zero-order valence-electron chi connectivity index (χ0n) is 8.18. The van der Waals surface area contributed by atoms with Gasteiger partial charge in [-0.3, -0.25) is 0 Å². The summed E-state index contributed by atoms with van der Waals surface area (Å²) in [5.74, 6) is 0.868. The van der Waals surface area contributed by atoms with Gasteiger partial charge < -0.3 is 4.74 Å². The van der Waals surface area contributed by atoms with Crippen molar-refractivity contribution in [1.29, 1.82) is 0 Å². The molecule has 1 aliphatic rings. The van der Waals surface area contributed by atoms with Crippen LogP contribution in [-0.2, 0) is 4.74 Å². The first-order chi connectivity index (χ1) is 5.04. The van der Waals surface area contributed by atoms with Gasteiger partial charge in [0.2, 0.25) is 0 Å². The number of hydrogen-bond donors (Lipinski definition) is 0. The fourth-order valence-corrected chi connectivity index (χ4v) is 1.94. The molecule has 0 saturated heterocycles. The van der Waals surface area contributed by atoms with Crippen molar-refractivity contribution in [3.05, 3.63) is 0 Å². The van der Waals surface area contributed by atoms with Crippen molar-refractivity contribution in [2.24, 2.45) is 11.3 Å². The highest BCUT2D eigenvalue weighted by Crippen LogP contribution is 2.39. The molecule has 0 radical (unpaired) electrons. The summed E-state index contributed by atoms with van der Waals surface area (Å²) >= 11 is 0. The molecule has 0 bridgehead atoms. The summed E-state index contributed by atoms with van der Waals surface area (Å²) in [6.07, 6.45) is 4.42. The smallest absolute Gasteiger partial charge is 0.0574 e. The Balaban J connectivity index is 2.42. The summed E-state index contributed by atoms with van der Waals surface area (Å²) in [6, 6.07) is 0. The number of rotatable bonds is 1. The average Bonchev–Trinajstić information content (AvgIpc) is 2.32. The van der Waals surface area contributed by atoms with Gasteiger partial charge in [-0.2, -0.15) is 0 Å². The minimum Gasteiger partial charge on any atom is -0.381 e. The Morgan fingerprint density at radius 1 is 1.18 bits per heavy atom. The second-order valence-electron chi connectivity index (χ2n) is 4.73. The Labute approximate surface area is 70.1 Å². The zero-order valence-corrected chi connectivity index (χ0v) is 8.18. The second kappa shape index (κ2) is 3.14. The molecule has 0 amide bonds. The van der Waals surface area contributed by atoms with Crippen LogP contribution in [0.15, 0.2) is 0 Å². The highest BCUT2D eigenvalue weighted by Gasteiger charge is 2.32. The Hall–Kier alpha value is -0.0400. The van der Waals surface area contributed by atoms with Gasteiger partial charge in [-0.25, -0.2) is 0 Å². The highest BCUT2D eigenvalue weighted by atomic mass is 16.5. The molecule has 66 valence electrons. The maximum absolute atomic E-state index is 5.34. The van der Waals surface area contributed by atoms with E-state index in [1.807, 2.05) is 7.11 Å². The molecule has 0 aromatic carbocycles. The van der Waals surface area contributed by atoms with Gasteiger partial charge in [0.15, 0.2) is 0 Å². The van der Waals surface area contributed by atoms with Crippen molar-refractivity contribution >= 4 is 0 Å². The molecule has 0 heterocycles. The molecule has 0 unspecified atom stereocenters. The van der Waals surface area contributed by atoms with E-state index in [-0.39, 0.29) is 0 Å².